The summed E-state index contributed by atoms with van der Waals surface area (Å²) >= 11 is 1.89. The van der Waals surface area contributed by atoms with E-state index in [0.717, 1.165) is 39.9 Å². The topological polar surface area (TPSA) is 207 Å². The van der Waals surface area contributed by atoms with E-state index in [1.807, 2.05) is 31.2 Å². The molecule has 6 N–H and O–H groups in total. The number of aliphatic carboxylic acids is 2. The van der Waals surface area contributed by atoms with Crippen LogP contribution in [0, 0.1) is 6.92 Å². The van der Waals surface area contributed by atoms with Crippen molar-refractivity contribution in [2.24, 2.45) is 0 Å². The summed E-state index contributed by atoms with van der Waals surface area (Å²) in [6.07, 6.45) is 0. The second-order valence-electron chi connectivity index (χ2n) is 13.4. The minimum Gasteiger partial charge on any atom is -0.506 e. The summed E-state index contributed by atoms with van der Waals surface area (Å²) < 4.78 is 57.1. The summed E-state index contributed by atoms with van der Waals surface area (Å²) in [4.78, 5) is 23.3. The van der Waals surface area contributed by atoms with Crippen LogP contribution in [0.1, 0.15) is 19.4 Å². The molecule has 7 aromatic carbocycles. The van der Waals surface area contributed by atoms with Crippen LogP contribution in [0.3, 0.4) is 0 Å². The van der Waals surface area contributed by atoms with Gasteiger partial charge in [-0.1, -0.05) is 96.6 Å². The van der Waals surface area contributed by atoms with Gasteiger partial charge in [-0.3, -0.25) is 19.0 Å². The number of aromatic hydroxyl groups is 2. The molecule has 0 heterocycles. The zero-order valence-corrected chi connectivity index (χ0v) is 34.9. The van der Waals surface area contributed by atoms with E-state index in [4.69, 9.17) is 5.11 Å². The Balaban J connectivity index is 0.000000199. The summed E-state index contributed by atoms with van der Waals surface area (Å²) in [7, 11) is -7.78. The molecule has 0 aromatic heterocycles. The summed E-state index contributed by atoms with van der Waals surface area (Å²) in [5, 5.41) is 41.6. The van der Waals surface area contributed by atoms with E-state index in [9.17, 15) is 41.7 Å². The molecule has 0 aliphatic rings. The Morgan fingerprint density at radius 1 is 0.525 bits per heavy atom. The monoisotopic (exact) mass is 870 g/mol. The van der Waals surface area contributed by atoms with Crippen LogP contribution < -0.4 is 9.44 Å². The van der Waals surface area contributed by atoms with Crippen molar-refractivity contribution in [1.29, 1.82) is 0 Å². The predicted octanol–water partition coefficient (Wildman–Crippen LogP) is 9.28. The summed E-state index contributed by atoms with van der Waals surface area (Å²) in [6.45, 7) is 4.86. The maximum absolute atomic E-state index is 13.1. The van der Waals surface area contributed by atoms with E-state index >= 15 is 0 Å². The highest BCUT2D eigenvalue weighted by Crippen LogP contribution is 2.43. The van der Waals surface area contributed by atoms with Gasteiger partial charge in [0.25, 0.3) is 20.0 Å². The number of phenolic OH excluding ortho intramolecular Hbond substituents is 2. The normalized spacial score (nSPS) is 12.7. The molecule has 0 fully saturated rings. The van der Waals surface area contributed by atoms with Crippen molar-refractivity contribution in [2.45, 2.75) is 50.9 Å². The number of benzene rings is 7. The number of phenols is 2. The smallest absolute Gasteiger partial charge is 0.316 e. The third-order valence-electron chi connectivity index (χ3n) is 9.12. The molecule has 0 aliphatic heterocycles. The highest BCUT2D eigenvalue weighted by Gasteiger charge is 2.23. The Labute approximate surface area is 349 Å². The molecule has 12 nitrogen and oxygen atoms in total. The average molecular weight is 871 g/mol. The number of rotatable bonds is 12. The number of thioether (sulfide) groups is 2. The number of anilines is 2. The van der Waals surface area contributed by atoms with Crippen LogP contribution in [0.15, 0.2) is 147 Å². The van der Waals surface area contributed by atoms with Gasteiger partial charge in [0.15, 0.2) is 0 Å². The maximum Gasteiger partial charge on any atom is 0.316 e. The Kier molecular flexibility index (Phi) is 12.7. The van der Waals surface area contributed by atoms with Crippen molar-refractivity contribution in [3.8, 4) is 11.5 Å². The first-order valence-corrected chi connectivity index (χ1v) is 22.6. The molecule has 0 saturated carbocycles. The summed E-state index contributed by atoms with van der Waals surface area (Å²) in [6, 6.07) is 35.4. The number of fused-ring (bicyclic) bond motifs is 3. The number of sulfonamides is 2. The Morgan fingerprint density at radius 2 is 0.915 bits per heavy atom. The maximum atomic E-state index is 13.1. The van der Waals surface area contributed by atoms with E-state index in [2.05, 4.69) is 9.44 Å². The molecule has 304 valence electrons. The van der Waals surface area contributed by atoms with Crippen LogP contribution >= 0.6 is 23.5 Å². The molecule has 0 spiro atoms. The van der Waals surface area contributed by atoms with E-state index in [1.54, 1.807) is 72.8 Å². The SMILES string of the molecule is CC(Sc1cc(NS(=O)(=O)c2ccc3ccccc3c2)c2ccccc2c1O)C(=O)O.Cc1ccc(S(=O)(=O)Nc2cc(SC(C)C(=O)O)c(O)c3ccccc23)cc1. The third kappa shape index (κ3) is 9.69. The fourth-order valence-corrected chi connectivity index (χ4v) is 9.91. The van der Waals surface area contributed by atoms with E-state index in [-0.39, 0.29) is 42.5 Å². The van der Waals surface area contributed by atoms with Gasteiger partial charge < -0.3 is 20.4 Å². The van der Waals surface area contributed by atoms with Gasteiger partial charge in [-0.05, 0) is 67.9 Å². The van der Waals surface area contributed by atoms with Crippen LogP contribution in [0.25, 0.3) is 32.3 Å². The average Bonchev–Trinajstić information content (AvgIpc) is 3.21. The van der Waals surface area contributed by atoms with Gasteiger partial charge in [0.05, 0.1) is 31.0 Å². The number of carboxylic acids is 2. The Bertz CT molecular complexity index is 2960. The van der Waals surface area contributed by atoms with Crippen LogP contribution in [0.5, 0.6) is 11.5 Å². The number of hydrogen-bond acceptors (Lipinski definition) is 10. The second-order valence-corrected chi connectivity index (χ2v) is 19.5. The van der Waals surface area contributed by atoms with Crippen LogP contribution in [-0.2, 0) is 29.6 Å². The predicted molar refractivity (Wildman–Crippen MR) is 234 cm³/mol. The van der Waals surface area contributed by atoms with Gasteiger partial charge in [0.1, 0.15) is 22.0 Å². The lowest BCUT2D eigenvalue weighted by Crippen LogP contribution is -2.14. The summed E-state index contributed by atoms with van der Waals surface area (Å²) in [5.41, 5.74) is 1.48. The van der Waals surface area contributed by atoms with Gasteiger partial charge in [-0.15, -0.1) is 23.5 Å². The molecule has 59 heavy (non-hydrogen) atoms. The number of carbonyl (C=O) groups is 2. The molecule has 0 aliphatic carbocycles. The van der Waals surface area contributed by atoms with Crippen molar-refractivity contribution >= 4 is 99.2 Å². The third-order valence-corrected chi connectivity index (χ3v) is 14.1. The lowest BCUT2D eigenvalue weighted by Gasteiger charge is -2.16. The molecule has 7 aromatic rings. The number of carboxylic acid groups (broad SMARTS) is 2. The zero-order valence-electron chi connectivity index (χ0n) is 31.7. The van der Waals surface area contributed by atoms with Crippen molar-refractivity contribution in [1.82, 2.24) is 0 Å². The fourth-order valence-electron chi connectivity index (χ4n) is 5.96. The van der Waals surface area contributed by atoms with E-state index in [0.29, 0.717) is 21.5 Å². The van der Waals surface area contributed by atoms with Gasteiger partial charge in [0, 0.05) is 21.5 Å². The molecule has 2 unspecified atom stereocenters. The van der Waals surface area contributed by atoms with Crippen LogP contribution in [-0.4, -0.2) is 59.7 Å². The first-order chi connectivity index (χ1) is 27.9. The summed E-state index contributed by atoms with van der Waals surface area (Å²) in [5.74, 6) is -2.22. The highest BCUT2D eigenvalue weighted by molar-refractivity contribution is 8.01. The molecular weight excluding hydrogens is 833 g/mol. The van der Waals surface area contributed by atoms with Crippen molar-refractivity contribution in [3.05, 3.63) is 133 Å². The van der Waals surface area contributed by atoms with Gasteiger partial charge in [-0.2, -0.15) is 0 Å². The molecular formula is C43H38N2O10S4. The number of hydrogen-bond donors (Lipinski definition) is 6. The Hall–Kier alpha value is -5.94. The fraction of sp³-hybridized carbons (Fsp3) is 0.116. The minimum absolute atomic E-state index is 0.0769. The molecule has 16 heteroatoms. The van der Waals surface area contributed by atoms with E-state index < -0.39 is 42.5 Å². The molecule has 2 atom stereocenters. The quantitative estimate of drug-likeness (QED) is 0.0502. The minimum atomic E-state index is -3.93. The standard InChI is InChI=1S/C23H19NO5S2.C20H19NO5S2/c1-14(23(26)27)30-21-13-20(18-8-4-5-9-19(18)22(21)25)24-31(28,29)17-11-10-15-6-2-3-7-16(15)12-17;1-12-7-9-14(10-8-12)28(25,26)21-17-11-18(27-13(2)20(23)24)19(22)16-6-4-3-5-15(16)17/h2-14,24-25H,1H3,(H,26,27);3-11,13,21-22H,1-2H3,(H,23,24). The first-order valence-electron chi connectivity index (χ1n) is 17.8. The molecule has 0 amide bonds. The Morgan fingerprint density at radius 3 is 1.37 bits per heavy atom. The molecule has 0 radical (unpaired) electrons. The lowest BCUT2D eigenvalue weighted by atomic mass is 10.1. The van der Waals surface area contributed by atoms with Gasteiger partial charge in [0.2, 0.25) is 0 Å². The molecule has 0 saturated heterocycles. The van der Waals surface area contributed by atoms with Gasteiger partial charge in [-0.25, -0.2) is 16.8 Å². The first kappa shape index (κ1) is 42.7. The van der Waals surface area contributed by atoms with E-state index in [1.165, 1.54) is 44.2 Å². The van der Waals surface area contributed by atoms with Crippen LogP contribution in [0.2, 0.25) is 0 Å². The largest absolute Gasteiger partial charge is 0.506 e. The number of nitrogens with one attached hydrogen (secondary N) is 2. The second kappa shape index (κ2) is 17.5. The molecule has 7 rings (SSSR count). The number of aryl methyl sites for hydroxylation is 1. The lowest BCUT2D eigenvalue weighted by molar-refractivity contribution is -0.137. The van der Waals surface area contributed by atoms with Crippen molar-refractivity contribution in [3.63, 3.8) is 0 Å². The van der Waals surface area contributed by atoms with Crippen molar-refractivity contribution < 1.29 is 46.9 Å². The van der Waals surface area contributed by atoms with Gasteiger partial charge >= 0.3 is 11.9 Å². The highest BCUT2D eigenvalue weighted by atomic mass is 32.2. The molecule has 0 bridgehead atoms. The zero-order chi connectivity index (χ0) is 42.6. The van der Waals surface area contributed by atoms with Crippen LogP contribution in [0.4, 0.5) is 11.4 Å². The van der Waals surface area contributed by atoms with Crippen molar-refractivity contribution in [2.75, 3.05) is 9.44 Å².